The summed E-state index contributed by atoms with van der Waals surface area (Å²) in [5.41, 5.74) is 6.69. The molecule has 0 radical (unpaired) electrons. The number of carbonyl (C=O) groups excluding carboxylic acids is 5. The second-order valence-corrected chi connectivity index (χ2v) is 13.5. The molecule has 1 unspecified atom stereocenters. The number of hydrogen-bond acceptors (Lipinski definition) is 8. The number of carbonyl (C=O) groups is 5. The molecule has 3 aromatic carbocycles. The van der Waals surface area contributed by atoms with Gasteiger partial charge in [-0.1, -0.05) is 36.1 Å². The molecule has 1 fully saturated rings. The predicted octanol–water partition coefficient (Wildman–Crippen LogP) is 4.75. The second kappa shape index (κ2) is 14.8. The number of methoxy groups -OCH3 is 1. The number of rotatable bonds is 8. The molecule has 5 heterocycles. The van der Waals surface area contributed by atoms with Crippen LogP contribution in [0.1, 0.15) is 61.6 Å². The summed E-state index contributed by atoms with van der Waals surface area (Å²) in [6.07, 6.45) is 5.95. The van der Waals surface area contributed by atoms with Crippen molar-refractivity contribution in [2.24, 2.45) is 0 Å². The highest BCUT2D eigenvalue weighted by molar-refractivity contribution is 6.10. The Balaban J connectivity index is 0.920. The van der Waals surface area contributed by atoms with Gasteiger partial charge in [0.2, 0.25) is 11.8 Å². The van der Waals surface area contributed by atoms with Crippen molar-refractivity contribution in [3.63, 3.8) is 0 Å². The molecule has 6 aromatic rings. The highest BCUT2D eigenvalue weighted by Crippen LogP contribution is 2.37. The molecule has 3 aromatic heterocycles. The molecule has 1 atom stereocenters. The summed E-state index contributed by atoms with van der Waals surface area (Å²) >= 11 is 0. The molecule has 0 saturated carbocycles. The van der Waals surface area contributed by atoms with Crippen molar-refractivity contribution in [2.45, 2.75) is 31.8 Å². The average Bonchev–Trinajstić information content (AvgIpc) is 3.81. The number of imide groups is 1. The normalized spacial score (nSPS) is 14.9. The number of piperidine rings is 1. The van der Waals surface area contributed by atoms with Crippen molar-refractivity contribution in [2.75, 3.05) is 20.7 Å². The topological polar surface area (TPSA) is 175 Å². The Hall–Kier alpha value is -7.33. The minimum Gasteiger partial charge on any atom is -0.495 e. The Morgan fingerprint density at radius 2 is 1.79 bits per heavy atom. The maximum atomic E-state index is 13.1. The van der Waals surface area contributed by atoms with E-state index in [9.17, 15) is 24.0 Å². The maximum absolute atomic E-state index is 13.1. The number of H-pyrrole nitrogens is 1. The monoisotopic (exact) mass is 745 g/mol. The van der Waals surface area contributed by atoms with E-state index in [1.807, 2.05) is 48.7 Å². The van der Waals surface area contributed by atoms with E-state index >= 15 is 0 Å². The standard InChI is InChI=1S/C43H35N7O6/c1-44-40(52)32-22-48-39-30(32)17-27(19-37(39)56-2)28-10-6-9-25-18-35(47-21-31(25)28)26-12-13-34(46-20-26)41(53)45-16-4-3-7-24-8-5-11-29-33(24)23-50(43(29)55)36-14-15-38(51)49-42(36)54/h5-6,8-13,17-22,36,48H,4,14-16,23H2,1-2H3,(H,44,52)(H,45,53)(H,49,51,54). The molecule has 4 N–H and O–H groups in total. The van der Waals surface area contributed by atoms with E-state index in [0.29, 0.717) is 34.6 Å². The lowest BCUT2D eigenvalue weighted by Gasteiger charge is -2.29. The Labute approximate surface area is 320 Å². The Morgan fingerprint density at radius 1 is 0.946 bits per heavy atom. The summed E-state index contributed by atoms with van der Waals surface area (Å²) in [6.45, 7) is 0.527. The second-order valence-electron chi connectivity index (χ2n) is 13.5. The largest absolute Gasteiger partial charge is 0.495 e. The lowest BCUT2D eigenvalue weighted by Crippen LogP contribution is -2.52. The van der Waals surface area contributed by atoms with E-state index in [2.05, 4.69) is 37.8 Å². The van der Waals surface area contributed by atoms with Gasteiger partial charge in [0.15, 0.2) is 0 Å². The van der Waals surface area contributed by atoms with Crippen LogP contribution in [-0.4, -0.2) is 76.1 Å². The number of benzene rings is 3. The Morgan fingerprint density at radius 3 is 2.57 bits per heavy atom. The number of nitrogens with zero attached hydrogens (tertiary/aromatic N) is 3. The van der Waals surface area contributed by atoms with Gasteiger partial charge in [0.05, 0.1) is 23.9 Å². The van der Waals surface area contributed by atoms with E-state index in [1.54, 1.807) is 50.8 Å². The molecule has 8 rings (SSSR count). The van der Waals surface area contributed by atoms with E-state index in [-0.39, 0.29) is 55.3 Å². The van der Waals surface area contributed by atoms with E-state index < -0.39 is 11.9 Å². The average molecular weight is 746 g/mol. The van der Waals surface area contributed by atoms with Crippen LogP contribution in [0.2, 0.25) is 0 Å². The summed E-state index contributed by atoms with van der Waals surface area (Å²) in [4.78, 5) is 76.3. The minimum atomic E-state index is -0.696. The first-order chi connectivity index (χ1) is 27.2. The zero-order chi connectivity index (χ0) is 38.9. The minimum absolute atomic E-state index is 0.187. The van der Waals surface area contributed by atoms with Gasteiger partial charge in [-0.05, 0) is 71.0 Å². The fraction of sp³-hybridized carbons (Fsp3) is 0.186. The summed E-state index contributed by atoms with van der Waals surface area (Å²) in [5.74, 6) is 5.22. The first-order valence-electron chi connectivity index (χ1n) is 18.0. The summed E-state index contributed by atoms with van der Waals surface area (Å²) in [5, 5.41) is 10.5. The molecule has 278 valence electrons. The summed E-state index contributed by atoms with van der Waals surface area (Å²) in [7, 11) is 3.19. The van der Waals surface area contributed by atoms with Crippen LogP contribution in [0.3, 0.4) is 0 Å². The van der Waals surface area contributed by atoms with Crippen LogP contribution in [0.15, 0.2) is 85.3 Å². The number of ether oxygens (including phenoxy) is 1. The van der Waals surface area contributed by atoms with Gasteiger partial charge in [0.25, 0.3) is 17.7 Å². The van der Waals surface area contributed by atoms with Crippen LogP contribution >= 0.6 is 0 Å². The first kappa shape index (κ1) is 35.7. The van der Waals surface area contributed by atoms with Crippen molar-refractivity contribution >= 4 is 51.2 Å². The predicted molar refractivity (Wildman–Crippen MR) is 209 cm³/mol. The van der Waals surface area contributed by atoms with Gasteiger partial charge in [0, 0.05) is 79.0 Å². The third-order valence-electron chi connectivity index (χ3n) is 10.2. The zero-order valence-corrected chi connectivity index (χ0v) is 30.5. The molecule has 13 nitrogen and oxygen atoms in total. The number of nitrogens with one attached hydrogen (secondary N) is 4. The van der Waals surface area contributed by atoms with Gasteiger partial charge in [-0.2, -0.15) is 0 Å². The van der Waals surface area contributed by atoms with Crippen molar-refractivity contribution in [1.29, 1.82) is 0 Å². The number of fused-ring (bicyclic) bond motifs is 3. The van der Waals surface area contributed by atoms with Crippen molar-refractivity contribution < 1.29 is 28.7 Å². The van der Waals surface area contributed by atoms with Gasteiger partial charge >= 0.3 is 0 Å². The van der Waals surface area contributed by atoms with Gasteiger partial charge in [0.1, 0.15) is 17.5 Å². The molecule has 2 aliphatic heterocycles. The van der Waals surface area contributed by atoms with Crippen LogP contribution in [0.4, 0.5) is 0 Å². The van der Waals surface area contributed by atoms with Crippen molar-refractivity contribution in [3.05, 3.63) is 113 Å². The number of pyridine rings is 2. The maximum Gasteiger partial charge on any atom is 0.269 e. The van der Waals surface area contributed by atoms with Crippen LogP contribution in [-0.2, 0) is 16.1 Å². The molecular weight excluding hydrogens is 711 g/mol. The van der Waals surface area contributed by atoms with Crippen LogP contribution in [0.5, 0.6) is 5.75 Å². The highest BCUT2D eigenvalue weighted by atomic mass is 16.5. The molecule has 1 saturated heterocycles. The van der Waals surface area contributed by atoms with Crippen LogP contribution < -0.4 is 20.7 Å². The molecular formula is C43H35N7O6. The van der Waals surface area contributed by atoms with Gasteiger partial charge < -0.3 is 25.3 Å². The lowest BCUT2D eigenvalue weighted by molar-refractivity contribution is -0.136. The molecule has 0 aliphatic carbocycles. The van der Waals surface area contributed by atoms with Crippen molar-refractivity contribution in [1.82, 2.24) is 35.8 Å². The fourth-order valence-corrected chi connectivity index (χ4v) is 7.29. The first-order valence-corrected chi connectivity index (χ1v) is 18.0. The SMILES string of the molecule is CNC(=O)c1c[nH]c2c(OC)cc(-c3cccc4cc(-c5ccc(C(=O)NCCC#Cc6cccc7c6CN(C6CCC(=O)NC6=O)C7=O)nc5)ncc34)cc12. The Kier molecular flexibility index (Phi) is 9.45. The molecule has 0 spiro atoms. The third-order valence-corrected chi connectivity index (χ3v) is 10.2. The van der Waals surface area contributed by atoms with Crippen molar-refractivity contribution in [3.8, 4) is 40.0 Å². The molecule has 0 bridgehead atoms. The van der Waals surface area contributed by atoms with Gasteiger partial charge in [-0.3, -0.25) is 39.3 Å². The molecule has 5 amide bonds. The number of aromatic amines is 1. The number of amides is 5. The summed E-state index contributed by atoms with van der Waals surface area (Å²) in [6, 6.07) is 19.9. The van der Waals surface area contributed by atoms with E-state index in [4.69, 9.17) is 9.72 Å². The molecule has 2 aliphatic rings. The smallest absolute Gasteiger partial charge is 0.269 e. The lowest BCUT2D eigenvalue weighted by atomic mass is 9.96. The highest BCUT2D eigenvalue weighted by Gasteiger charge is 2.39. The molecule has 13 heteroatoms. The zero-order valence-electron chi connectivity index (χ0n) is 30.5. The van der Waals surface area contributed by atoms with E-state index in [1.165, 1.54) is 4.90 Å². The number of hydrogen-bond donors (Lipinski definition) is 4. The van der Waals surface area contributed by atoms with Gasteiger partial charge in [-0.25, -0.2) is 0 Å². The van der Waals surface area contributed by atoms with Gasteiger partial charge in [-0.15, -0.1) is 0 Å². The summed E-state index contributed by atoms with van der Waals surface area (Å²) < 4.78 is 5.67. The number of aromatic nitrogens is 3. The van der Waals surface area contributed by atoms with E-state index in [0.717, 1.165) is 43.9 Å². The Bertz CT molecular complexity index is 2670. The molecule has 56 heavy (non-hydrogen) atoms. The van der Waals surface area contributed by atoms with Crippen LogP contribution in [0.25, 0.3) is 44.1 Å². The fourth-order valence-electron chi connectivity index (χ4n) is 7.29. The third kappa shape index (κ3) is 6.58. The van der Waals surface area contributed by atoms with Crippen LogP contribution in [0, 0.1) is 11.8 Å². The quantitative estimate of drug-likeness (QED) is 0.0982.